The van der Waals surface area contributed by atoms with Crippen LogP contribution in [-0.4, -0.2) is 45.9 Å². The van der Waals surface area contributed by atoms with E-state index in [1.54, 1.807) is 0 Å². The number of nitrogens with one attached hydrogen (secondary N) is 1. The lowest BCUT2D eigenvalue weighted by Crippen LogP contribution is -2.40. The van der Waals surface area contributed by atoms with Crippen LogP contribution in [0.15, 0.2) is 48.8 Å². The summed E-state index contributed by atoms with van der Waals surface area (Å²) in [5.41, 5.74) is 3.44. The lowest BCUT2D eigenvalue weighted by atomic mass is 10.1. The number of aromatic nitrogens is 2. The zero-order valence-corrected chi connectivity index (χ0v) is 17.1. The second-order valence-electron chi connectivity index (χ2n) is 7.57. The molecular weight excluding hydrogens is 364 g/mol. The molecule has 1 unspecified atom stereocenters. The number of amides is 1. The third-order valence-corrected chi connectivity index (χ3v) is 5.64. The highest BCUT2D eigenvalue weighted by Crippen LogP contribution is 2.21. The van der Waals surface area contributed by atoms with E-state index in [9.17, 15) is 4.79 Å². The fraction of sp³-hybridized carbons (Fsp3) is 0.391. The average Bonchev–Trinajstić information content (AvgIpc) is 3.37. The lowest BCUT2D eigenvalue weighted by Gasteiger charge is -2.23. The molecule has 1 aromatic carbocycles. The average molecular weight is 393 g/mol. The molecule has 0 bridgehead atoms. The first-order valence-corrected chi connectivity index (χ1v) is 10.3. The second kappa shape index (κ2) is 8.66. The summed E-state index contributed by atoms with van der Waals surface area (Å²) in [6.45, 7) is 7.35. The van der Waals surface area contributed by atoms with Gasteiger partial charge in [0, 0.05) is 25.0 Å². The number of imidazole rings is 1. The van der Waals surface area contributed by atoms with Gasteiger partial charge in [0.2, 0.25) is 0 Å². The van der Waals surface area contributed by atoms with Crippen LogP contribution in [0.1, 0.15) is 41.4 Å². The number of fused-ring (bicyclic) bond motifs is 1. The standard InChI is InChI=1S/C23H28N4O2/c1-3-26-12-7-9-19(26)14-24-23(28)20-10-4-5-11-21(20)29-16-18-15-27-13-6-8-17(2)22(27)25-18/h4-6,8,10-11,13,15,19H,3,7,9,12,14,16H2,1-2H3,(H,24,28). The first kappa shape index (κ1) is 19.5. The maximum absolute atomic E-state index is 12.8. The number of rotatable bonds is 7. The number of hydrogen-bond donors (Lipinski definition) is 1. The third kappa shape index (κ3) is 4.27. The zero-order valence-electron chi connectivity index (χ0n) is 17.1. The SMILES string of the molecule is CCN1CCCC1CNC(=O)c1ccccc1OCc1cn2cccc(C)c2n1. The number of hydrogen-bond acceptors (Lipinski definition) is 4. The molecule has 3 aromatic rings. The number of likely N-dealkylation sites (tertiary alicyclic amines) is 1. The number of nitrogens with zero attached hydrogens (tertiary/aromatic N) is 3. The van der Waals surface area contributed by atoms with Gasteiger partial charge in [-0.3, -0.25) is 9.69 Å². The molecule has 1 N–H and O–H groups in total. The molecule has 1 aliphatic rings. The van der Waals surface area contributed by atoms with Gasteiger partial charge in [-0.05, 0) is 56.6 Å². The Labute approximate surface area is 171 Å². The quantitative estimate of drug-likeness (QED) is 0.669. The normalized spacial score (nSPS) is 17.0. The van der Waals surface area contributed by atoms with Crippen molar-refractivity contribution in [1.82, 2.24) is 19.6 Å². The lowest BCUT2D eigenvalue weighted by molar-refractivity contribution is 0.0936. The summed E-state index contributed by atoms with van der Waals surface area (Å²) in [6, 6.07) is 11.9. The largest absolute Gasteiger partial charge is 0.486 e. The van der Waals surface area contributed by atoms with Crippen LogP contribution in [0.3, 0.4) is 0 Å². The summed E-state index contributed by atoms with van der Waals surface area (Å²) in [7, 11) is 0. The summed E-state index contributed by atoms with van der Waals surface area (Å²) in [5.74, 6) is 0.493. The summed E-state index contributed by atoms with van der Waals surface area (Å²) >= 11 is 0. The van der Waals surface area contributed by atoms with Gasteiger partial charge in [-0.1, -0.05) is 25.1 Å². The number of ether oxygens (including phenoxy) is 1. The van der Waals surface area contributed by atoms with Crippen molar-refractivity contribution in [3.63, 3.8) is 0 Å². The van der Waals surface area contributed by atoms with Gasteiger partial charge in [-0.25, -0.2) is 4.98 Å². The molecule has 152 valence electrons. The second-order valence-corrected chi connectivity index (χ2v) is 7.57. The molecule has 6 nitrogen and oxygen atoms in total. The molecule has 2 aromatic heterocycles. The fourth-order valence-corrected chi connectivity index (χ4v) is 4.05. The van der Waals surface area contributed by atoms with Crippen molar-refractivity contribution in [2.45, 2.75) is 39.3 Å². The number of likely N-dealkylation sites (N-methyl/N-ethyl adjacent to an activating group) is 1. The summed E-state index contributed by atoms with van der Waals surface area (Å²) in [6.07, 6.45) is 6.28. The molecule has 0 radical (unpaired) electrons. The van der Waals surface area contributed by atoms with Crippen molar-refractivity contribution in [3.05, 3.63) is 65.6 Å². The highest BCUT2D eigenvalue weighted by molar-refractivity contribution is 5.96. The smallest absolute Gasteiger partial charge is 0.255 e. The number of para-hydroxylation sites is 1. The summed E-state index contributed by atoms with van der Waals surface area (Å²) in [5, 5.41) is 3.09. The Hall–Kier alpha value is -2.86. The zero-order chi connectivity index (χ0) is 20.2. The van der Waals surface area contributed by atoms with E-state index < -0.39 is 0 Å². The molecule has 4 rings (SSSR count). The summed E-state index contributed by atoms with van der Waals surface area (Å²) in [4.78, 5) is 19.8. The van der Waals surface area contributed by atoms with Gasteiger partial charge < -0.3 is 14.5 Å². The summed E-state index contributed by atoms with van der Waals surface area (Å²) < 4.78 is 7.97. The van der Waals surface area contributed by atoms with Crippen LogP contribution in [0.2, 0.25) is 0 Å². The Bertz CT molecular complexity index is 997. The highest BCUT2D eigenvalue weighted by Gasteiger charge is 2.23. The van der Waals surface area contributed by atoms with Crippen molar-refractivity contribution in [1.29, 1.82) is 0 Å². The third-order valence-electron chi connectivity index (χ3n) is 5.64. The number of benzene rings is 1. The molecule has 29 heavy (non-hydrogen) atoms. The number of pyridine rings is 1. The van der Waals surface area contributed by atoms with Crippen molar-refractivity contribution in [2.75, 3.05) is 19.6 Å². The van der Waals surface area contributed by atoms with Crippen LogP contribution < -0.4 is 10.1 Å². The molecule has 1 aliphatic heterocycles. The maximum atomic E-state index is 12.8. The maximum Gasteiger partial charge on any atom is 0.255 e. The Morgan fingerprint density at radius 1 is 1.28 bits per heavy atom. The van der Waals surface area contributed by atoms with Crippen LogP contribution in [0.5, 0.6) is 5.75 Å². The van der Waals surface area contributed by atoms with Gasteiger partial charge in [0.1, 0.15) is 18.0 Å². The van der Waals surface area contributed by atoms with Crippen LogP contribution >= 0.6 is 0 Å². The molecule has 1 fully saturated rings. The van der Waals surface area contributed by atoms with Crippen LogP contribution in [-0.2, 0) is 6.61 Å². The Kier molecular flexibility index (Phi) is 5.81. The van der Waals surface area contributed by atoms with Crippen molar-refractivity contribution >= 4 is 11.6 Å². The molecular formula is C23H28N4O2. The Balaban J connectivity index is 1.42. The molecule has 1 amide bonds. The van der Waals surface area contributed by atoms with E-state index in [4.69, 9.17) is 4.74 Å². The van der Waals surface area contributed by atoms with E-state index in [-0.39, 0.29) is 5.91 Å². The minimum atomic E-state index is -0.0885. The molecule has 1 saturated heterocycles. The Morgan fingerprint density at radius 3 is 2.97 bits per heavy atom. The van der Waals surface area contributed by atoms with Crippen LogP contribution in [0.25, 0.3) is 5.65 Å². The van der Waals surface area contributed by atoms with Gasteiger partial charge in [0.25, 0.3) is 5.91 Å². The van der Waals surface area contributed by atoms with E-state index in [1.807, 2.05) is 60.1 Å². The minimum Gasteiger partial charge on any atom is -0.486 e. The first-order valence-electron chi connectivity index (χ1n) is 10.3. The minimum absolute atomic E-state index is 0.0885. The van der Waals surface area contributed by atoms with Crippen LogP contribution in [0, 0.1) is 6.92 Å². The van der Waals surface area contributed by atoms with E-state index in [0.717, 1.165) is 36.4 Å². The first-order chi connectivity index (χ1) is 14.2. The molecule has 0 saturated carbocycles. The van der Waals surface area contributed by atoms with Crippen molar-refractivity contribution < 1.29 is 9.53 Å². The fourth-order valence-electron chi connectivity index (χ4n) is 4.05. The van der Waals surface area contributed by atoms with Gasteiger partial charge in [-0.15, -0.1) is 0 Å². The topological polar surface area (TPSA) is 58.9 Å². The van der Waals surface area contributed by atoms with Gasteiger partial charge >= 0.3 is 0 Å². The van der Waals surface area contributed by atoms with Gasteiger partial charge in [0.05, 0.1) is 11.3 Å². The van der Waals surface area contributed by atoms with E-state index in [2.05, 4.69) is 22.1 Å². The van der Waals surface area contributed by atoms with Crippen molar-refractivity contribution in [3.8, 4) is 5.75 Å². The molecule has 6 heteroatoms. The predicted octanol–water partition coefficient (Wildman–Crippen LogP) is 3.44. The highest BCUT2D eigenvalue weighted by atomic mass is 16.5. The number of carbonyl (C=O) groups is 1. The van der Waals surface area contributed by atoms with E-state index in [1.165, 1.54) is 6.42 Å². The molecule has 1 atom stereocenters. The van der Waals surface area contributed by atoms with Gasteiger partial charge in [-0.2, -0.15) is 0 Å². The molecule has 3 heterocycles. The molecule has 0 aliphatic carbocycles. The Morgan fingerprint density at radius 2 is 2.14 bits per heavy atom. The van der Waals surface area contributed by atoms with E-state index in [0.29, 0.717) is 30.5 Å². The number of carbonyl (C=O) groups excluding carboxylic acids is 1. The monoisotopic (exact) mass is 392 g/mol. The van der Waals surface area contributed by atoms with Crippen molar-refractivity contribution in [2.24, 2.45) is 0 Å². The van der Waals surface area contributed by atoms with Gasteiger partial charge in [0.15, 0.2) is 0 Å². The predicted molar refractivity (Wildman–Crippen MR) is 113 cm³/mol. The molecule has 0 spiro atoms. The van der Waals surface area contributed by atoms with Crippen LogP contribution in [0.4, 0.5) is 0 Å². The number of aryl methyl sites for hydroxylation is 1. The van der Waals surface area contributed by atoms with E-state index >= 15 is 0 Å².